The Bertz CT molecular complexity index is 198. The molecule has 0 bridgehead atoms. The molecule has 1 aliphatic carbocycles. The van der Waals surface area contributed by atoms with E-state index in [0.29, 0.717) is 24.5 Å². The molecule has 1 heterocycles. The highest BCUT2D eigenvalue weighted by atomic mass is 16.3. The second kappa shape index (κ2) is 5.28. The summed E-state index contributed by atoms with van der Waals surface area (Å²) in [5.41, 5.74) is 5.82. The Morgan fingerprint density at radius 2 is 2.07 bits per heavy atom. The van der Waals surface area contributed by atoms with Gasteiger partial charge in [-0.25, -0.2) is 0 Å². The van der Waals surface area contributed by atoms with Gasteiger partial charge in [0.1, 0.15) is 0 Å². The van der Waals surface area contributed by atoms with E-state index in [4.69, 9.17) is 5.73 Å². The monoisotopic (exact) mass is 212 g/mol. The van der Waals surface area contributed by atoms with Crippen LogP contribution in [0.15, 0.2) is 0 Å². The standard InChI is InChI=1S/C12H24N2O/c13-7-11-4-1-5-12(11)14-6-2-3-10(8-14)9-15/h10-12,15H,1-9,13H2. The van der Waals surface area contributed by atoms with Crippen LogP contribution in [0.1, 0.15) is 32.1 Å². The molecule has 1 saturated heterocycles. The summed E-state index contributed by atoms with van der Waals surface area (Å²) in [5.74, 6) is 1.22. The molecule has 0 amide bonds. The third-order valence-electron chi connectivity index (χ3n) is 4.20. The van der Waals surface area contributed by atoms with E-state index in [1.165, 1.54) is 38.6 Å². The molecule has 3 N–H and O–H groups in total. The highest BCUT2D eigenvalue weighted by molar-refractivity contribution is 4.88. The van der Waals surface area contributed by atoms with E-state index in [1.807, 2.05) is 0 Å². The summed E-state index contributed by atoms with van der Waals surface area (Å²) in [6.07, 6.45) is 6.42. The number of likely N-dealkylation sites (tertiary alicyclic amines) is 1. The highest BCUT2D eigenvalue weighted by Gasteiger charge is 2.33. The number of aliphatic hydroxyl groups is 1. The number of nitrogens with two attached hydrogens (primary N) is 1. The Morgan fingerprint density at radius 1 is 1.20 bits per heavy atom. The van der Waals surface area contributed by atoms with E-state index >= 15 is 0 Å². The van der Waals surface area contributed by atoms with Gasteiger partial charge < -0.3 is 10.8 Å². The summed E-state index contributed by atoms with van der Waals surface area (Å²) >= 11 is 0. The highest BCUT2D eigenvalue weighted by Crippen LogP contribution is 2.31. The van der Waals surface area contributed by atoms with Gasteiger partial charge in [0.05, 0.1) is 0 Å². The first-order valence-electron chi connectivity index (χ1n) is 6.40. The molecular formula is C12H24N2O. The van der Waals surface area contributed by atoms with Crippen molar-refractivity contribution in [1.82, 2.24) is 4.90 Å². The van der Waals surface area contributed by atoms with Gasteiger partial charge in [-0.05, 0) is 50.6 Å². The molecule has 1 saturated carbocycles. The summed E-state index contributed by atoms with van der Waals surface area (Å²) in [4.78, 5) is 2.59. The zero-order valence-corrected chi connectivity index (χ0v) is 9.57. The van der Waals surface area contributed by atoms with Gasteiger partial charge in [0.2, 0.25) is 0 Å². The number of aliphatic hydroxyl groups excluding tert-OH is 1. The minimum absolute atomic E-state index is 0.358. The molecular weight excluding hydrogens is 188 g/mol. The summed E-state index contributed by atoms with van der Waals surface area (Å²) in [6.45, 7) is 3.51. The van der Waals surface area contributed by atoms with Crippen LogP contribution in [-0.2, 0) is 0 Å². The molecule has 3 unspecified atom stereocenters. The molecule has 0 aromatic rings. The van der Waals surface area contributed by atoms with Gasteiger partial charge in [-0.15, -0.1) is 0 Å². The van der Waals surface area contributed by atoms with Gasteiger partial charge in [-0.1, -0.05) is 6.42 Å². The van der Waals surface area contributed by atoms with Crippen LogP contribution in [-0.4, -0.2) is 42.3 Å². The van der Waals surface area contributed by atoms with Crippen molar-refractivity contribution < 1.29 is 5.11 Å². The van der Waals surface area contributed by atoms with Crippen LogP contribution in [0.3, 0.4) is 0 Å². The quantitative estimate of drug-likeness (QED) is 0.728. The SMILES string of the molecule is NCC1CCCC1N1CCCC(CO)C1. The zero-order chi connectivity index (χ0) is 10.7. The van der Waals surface area contributed by atoms with Crippen LogP contribution in [0.4, 0.5) is 0 Å². The minimum atomic E-state index is 0.358. The Labute approximate surface area is 92.6 Å². The Balaban J connectivity index is 1.91. The number of rotatable bonds is 3. The maximum atomic E-state index is 9.22. The van der Waals surface area contributed by atoms with Crippen LogP contribution < -0.4 is 5.73 Å². The van der Waals surface area contributed by atoms with Crippen molar-refractivity contribution in [3.63, 3.8) is 0 Å². The predicted octanol–water partition coefficient (Wildman–Crippen LogP) is 0.818. The molecule has 3 heteroatoms. The average molecular weight is 212 g/mol. The fourth-order valence-corrected chi connectivity index (χ4v) is 3.32. The lowest BCUT2D eigenvalue weighted by molar-refractivity contribution is 0.0739. The molecule has 88 valence electrons. The molecule has 1 aliphatic heterocycles. The normalized spacial score (nSPS) is 38.4. The summed E-state index contributed by atoms with van der Waals surface area (Å²) in [5, 5.41) is 9.22. The molecule has 0 aromatic carbocycles. The molecule has 15 heavy (non-hydrogen) atoms. The van der Waals surface area contributed by atoms with Gasteiger partial charge in [-0.3, -0.25) is 4.90 Å². The van der Waals surface area contributed by atoms with Crippen molar-refractivity contribution in [1.29, 1.82) is 0 Å². The summed E-state index contributed by atoms with van der Waals surface area (Å²) in [6, 6.07) is 0.712. The lowest BCUT2D eigenvalue weighted by atomic mass is 9.94. The fraction of sp³-hybridized carbons (Fsp3) is 1.00. The average Bonchev–Trinajstić information content (AvgIpc) is 2.77. The molecule has 0 spiro atoms. The van der Waals surface area contributed by atoms with Crippen molar-refractivity contribution in [2.45, 2.75) is 38.1 Å². The first kappa shape index (κ1) is 11.4. The molecule has 2 fully saturated rings. The second-order valence-corrected chi connectivity index (χ2v) is 5.18. The van der Waals surface area contributed by atoms with E-state index < -0.39 is 0 Å². The van der Waals surface area contributed by atoms with Crippen molar-refractivity contribution in [2.75, 3.05) is 26.2 Å². The predicted molar refractivity (Wildman–Crippen MR) is 61.6 cm³/mol. The van der Waals surface area contributed by atoms with Gasteiger partial charge >= 0.3 is 0 Å². The molecule has 3 nitrogen and oxygen atoms in total. The van der Waals surface area contributed by atoms with E-state index in [2.05, 4.69) is 4.90 Å². The first-order valence-corrected chi connectivity index (χ1v) is 6.40. The maximum absolute atomic E-state index is 9.22. The summed E-state index contributed by atoms with van der Waals surface area (Å²) < 4.78 is 0. The van der Waals surface area contributed by atoms with Crippen molar-refractivity contribution >= 4 is 0 Å². The molecule has 3 atom stereocenters. The number of hydrogen-bond acceptors (Lipinski definition) is 3. The van der Waals surface area contributed by atoms with Gasteiger partial charge in [0.15, 0.2) is 0 Å². The van der Waals surface area contributed by atoms with Crippen LogP contribution in [0, 0.1) is 11.8 Å². The topological polar surface area (TPSA) is 49.5 Å². The number of nitrogens with zero attached hydrogens (tertiary/aromatic N) is 1. The second-order valence-electron chi connectivity index (χ2n) is 5.18. The van der Waals surface area contributed by atoms with Crippen LogP contribution in [0.25, 0.3) is 0 Å². The zero-order valence-electron chi connectivity index (χ0n) is 9.57. The van der Waals surface area contributed by atoms with Gasteiger partial charge in [-0.2, -0.15) is 0 Å². The van der Waals surface area contributed by atoms with Gasteiger partial charge in [0, 0.05) is 19.2 Å². The van der Waals surface area contributed by atoms with Crippen LogP contribution in [0.2, 0.25) is 0 Å². The van der Waals surface area contributed by atoms with Crippen molar-refractivity contribution in [3.05, 3.63) is 0 Å². The van der Waals surface area contributed by atoms with E-state index in [9.17, 15) is 5.11 Å². The third-order valence-corrected chi connectivity index (χ3v) is 4.20. The maximum Gasteiger partial charge on any atom is 0.0471 e. The van der Waals surface area contributed by atoms with Crippen LogP contribution >= 0.6 is 0 Å². The first-order chi connectivity index (χ1) is 7.35. The molecule has 0 radical (unpaired) electrons. The lowest BCUT2D eigenvalue weighted by Crippen LogP contribution is -2.46. The van der Waals surface area contributed by atoms with Crippen molar-refractivity contribution in [3.8, 4) is 0 Å². The van der Waals surface area contributed by atoms with E-state index in [1.54, 1.807) is 0 Å². The Kier molecular flexibility index (Phi) is 4.00. The Morgan fingerprint density at radius 3 is 2.80 bits per heavy atom. The smallest absolute Gasteiger partial charge is 0.0471 e. The van der Waals surface area contributed by atoms with E-state index in [-0.39, 0.29) is 0 Å². The largest absolute Gasteiger partial charge is 0.396 e. The minimum Gasteiger partial charge on any atom is -0.396 e. The lowest BCUT2D eigenvalue weighted by Gasteiger charge is -2.38. The van der Waals surface area contributed by atoms with Crippen molar-refractivity contribution in [2.24, 2.45) is 17.6 Å². The molecule has 2 aliphatic rings. The molecule has 2 rings (SSSR count). The number of piperidine rings is 1. The summed E-state index contributed by atoms with van der Waals surface area (Å²) in [7, 11) is 0. The number of hydrogen-bond donors (Lipinski definition) is 2. The van der Waals surface area contributed by atoms with Gasteiger partial charge in [0.25, 0.3) is 0 Å². The third kappa shape index (κ3) is 2.52. The molecule has 0 aromatic heterocycles. The Hall–Kier alpha value is -0.120. The fourth-order valence-electron chi connectivity index (χ4n) is 3.32. The van der Waals surface area contributed by atoms with E-state index in [0.717, 1.165) is 13.1 Å². The van der Waals surface area contributed by atoms with Crippen LogP contribution in [0.5, 0.6) is 0 Å².